The Bertz CT molecular complexity index is 728. The van der Waals surface area contributed by atoms with Gasteiger partial charge in [0.05, 0.1) is 5.56 Å². The van der Waals surface area contributed by atoms with Crippen LogP contribution in [0.3, 0.4) is 0 Å². The fourth-order valence-corrected chi connectivity index (χ4v) is 2.82. The summed E-state index contributed by atoms with van der Waals surface area (Å²) in [5, 5.41) is 13.0. The number of thiophene rings is 1. The van der Waals surface area contributed by atoms with Crippen LogP contribution in [0.4, 0.5) is 0 Å². The van der Waals surface area contributed by atoms with Gasteiger partial charge in [0.15, 0.2) is 0 Å². The first-order valence-corrected chi connectivity index (χ1v) is 6.43. The zero-order chi connectivity index (χ0) is 12.5. The topological polar surface area (TPSA) is 37.3 Å². The fraction of sp³-hybridized carbons (Fsp3) is 0. The third-order valence-corrected chi connectivity index (χ3v) is 3.86. The Morgan fingerprint density at radius 1 is 1.00 bits per heavy atom. The van der Waals surface area contributed by atoms with E-state index in [1.807, 2.05) is 18.2 Å². The number of carboxylic acid groups (broad SMARTS) is 1. The summed E-state index contributed by atoms with van der Waals surface area (Å²) in [7, 11) is 0. The standard InChI is InChI=1S/C15H10O2S/c16-15(17)13-8-14(18-9-13)12-6-5-10-3-1-2-4-11(10)7-12/h1-9H,(H,16,17). The number of rotatable bonds is 2. The predicted molar refractivity (Wildman–Crippen MR) is 74.2 cm³/mol. The highest BCUT2D eigenvalue weighted by Gasteiger charge is 2.08. The van der Waals surface area contributed by atoms with Gasteiger partial charge in [-0.05, 0) is 28.5 Å². The molecule has 3 rings (SSSR count). The molecule has 0 aliphatic heterocycles. The molecule has 0 spiro atoms. The van der Waals surface area contributed by atoms with E-state index in [1.54, 1.807) is 11.4 Å². The molecule has 3 heteroatoms. The molecular formula is C15H10O2S. The van der Waals surface area contributed by atoms with Crippen molar-refractivity contribution >= 4 is 28.1 Å². The van der Waals surface area contributed by atoms with Gasteiger partial charge in [-0.25, -0.2) is 4.79 Å². The molecule has 1 N–H and O–H groups in total. The molecule has 1 aromatic heterocycles. The van der Waals surface area contributed by atoms with E-state index in [0.29, 0.717) is 5.56 Å². The number of hydrogen-bond acceptors (Lipinski definition) is 2. The lowest BCUT2D eigenvalue weighted by Gasteiger charge is -2.01. The van der Waals surface area contributed by atoms with E-state index in [4.69, 9.17) is 5.11 Å². The van der Waals surface area contributed by atoms with Crippen LogP contribution < -0.4 is 0 Å². The minimum Gasteiger partial charge on any atom is -0.478 e. The summed E-state index contributed by atoms with van der Waals surface area (Å²) in [5.74, 6) is -0.877. The largest absolute Gasteiger partial charge is 0.478 e. The first-order chi connectivity index (χ1) is 8.74. The number of hydrogen-bond donors (Lipinski definition) is 1. The summed E-state index contributed by atoms with van der Waals surface area (Å²) < 4.78 is 0. The van der Waals surface area contributed by atoms with Crippen molar-refractivity contribution in [2.45, 2.75) is 0 Å². The molecule has 18 heavy (non-hydrogen) atoms. The van der Waals surface area contributed by atoms with Crippen molar-refractivity contribution in [3.05, 3.63) is 59.5 Å². The van der Waals surface area contributed by atoms with Gasteiger partial charge >= 0.3 is 5.97 Å². The van der Waals surface area contributed by atoms with Crippen LogP contribution in [0.2, 0.25) is 0 Å². The second-order valence-electron chi connectivity index (χ2n) is 4.07. The van der Waals surface area contributed by atoms with E-state index in [2.05, 4.69) is 24.3 Å². The highest BCUT2D eigenvalue weighted by molar-refractivity contribution is 7.13. The molecule has 0 atom stereocenters. The van der Waals surface area contributed by atoms with Crippen LogP contribution >= 0.6 is 11.3 Å². The predicted octanol–water partition coefficient (Wildman–Crippen LogP) is 4.27. The fourth-order valence-electron chi connectivity index (χ4n) is 1.94. The highest BCUT2D eigenvalue weighted by Crippen LogP contribution is 2.29. The van der Waals surface area contributed by atoms with Crippen LogP contribution in [0, 0.1) is 0 Å². The van der Waals surface area contributed by atoms with E-state index in [1.165, 1.54) is 22.1 Å². The maximum Gasteiger partial charge on any atom is 0.336 e. The molecule has 0 radical (unpaired) electrons. The SMILES string of the molecule is O=C(O)c1csc(-c2ccc3ccccc3c2)c1. The Kier molecular flexibility index (Phi) is 2.61. The Labute approximate surface area is 108 Å². The molecule has 0 fully saturated rings. The molecule has 88 valence electrons. The zero-order valence-electron chi connectivity index (χ0n) is 9.46. The van der Waals surface area contributed by atoms with E-state index in [9.17, 15) is 4.79 Å². The molecule has 0 saturated carbocycles. The van der Waals surface area contributed by atoms with Crippen molar-refractivity contribution < 1.29 is 9.90 Å². The summed E-state index contributed by atoms with van der Waals surface area (Å²) in [6.07, 6.45) is 0. The Balaban J connectivity index is 2.10. The van der Waals surface area contributed by atoms with Crippen LogP contribution in [0.1, 0.15) is 10.4 Å². The van der Waals surface area contributed by atoms with Gasteiger partial charge in [-0.2, -0.15) is 0 Å². The molecular weight excluding hydrogens is 244 g/mol. The van der Waals surface area contributed by atoms with Crippen LogP contribution in [-0.4, -0.2) is 11.1 Å². The molecule has 0 aliphatic rings. The summed E-state index contributed by atoms with van der Waals surface area (Å²) in [6, 6.07) is 16.0. The van der Waals surface area contributed by atoms with Gasteiger partial charge in [-0.15, -0.1) is 11.3 Å². The number of aromatic carboxylic acids is 1. The lowest BCUT2D eigenvalue weighted by molar-refractivity contribution is 0.0697. The van der Waals surface area contributed by atoms with Gasteiger partial charge in [0.1, 0.15) is 0 Å². The molecule has 0 saturated heterocycles. The van der Waals surface area contributed by atoms with Crippen LogP contribution in [-0.2, 0) is 0 Å². The number of fused-ring (bicyclic) bond motifs is 1. The molecule has 3 aromatic rings. The smallest absolute Gasteiger partial charge is 0.336 e. The highest BCUT2D eigenvalue weighted by atomic mass is 32.1. The van der Waals surface area contributed by atoms with Crippen LogP contribution in [0.15, 0.2) is 53.9 Å². The number of carboxylic acids is 1. The molecule has 0 aliphatic carbocycles. The normalized spacial score (nSPS) is 10.7. The summed E-state index contributed by atoms with van der Waals surface area (Å²) >= 11 is 1.46. The Morgan fingerprint density at radius 2 is 1.78 bits per heavy atom. The first-order valence-electron chi connectivity index (χ1n) is 5.55. The van der Waals surface area contributed by atoms with Gasteiger partial charge in [-0.1, -0.05) is 36.4 Å². The van der Waals surface area contributed by atoms with E-state index in [-0.39, 0.29) is 0 Å². The van der Waals surface area contributed by atoms with Crippen molar-refractivity contribution in [3.63, 3.8) is 0 Å². The molecule has 0 bridgehead atoms. The summed E-state index contributed by atoms with van der Waals surface area (Å²) in [6.45, 7) is 0. The average molecular weight is 254 g/mol. The van der Waals surface area contributed by atoms with Crippen LogP contribution in [0.5, 0.6) is 0 Å². The summed E-state index contributed by atoms with van der Waals surface area (Å²) in [5.41, 5.74) is 1.41. The summed E-state index contributed by atoms with van der Waals surface area (Å²) in [4.78, 5) is 11.8. The minimum absolute atomic E-state index is 0.350. The monoisotopic (exact) mass is 254 g/mol. The van der Waals surface area contributed by atoms with E-state index < -0.39 is 5.97 Å². The number of benzene rings is 2. The molecule has 0 amide bonds. The second-order valence-corrected chi connectivity index (χ2v) is 4.98. The molecule has 2 aromatic carbocycles. The van der Waals surface area contributed by atoms with Gasteiger partial charge in [-0.3, -0.25) is 0 Å². The third-order valence-electron chi connectivity index (χ3n) is 2.88. The second kappa shape index (κ2) is 4.27. The van der Waals surface area contributed by atoms with Crippen molar-refractivity contribution in [1.29, 1.82) is 0 Å². The van der Waals surface area contributed by atoms with Crippen molar-refractivity contribution in [2.75, 3.05) is 0 Å². The van der Waals surface area contributed by atoms with Gasteiger partial charge in [0.2, 0.25) is 0 Å². The molecule has 1 heterocycles. The van der Waals surface area contributed by atoms with Crippen LogP contribution in [0.25, 0.3) is 21.2 Å². The molecule has 0 unspecified atom stereocenters. The lowest BCUT2D eigenvalue weighted by Crippen LogP contribution is -1.91. The van der Waals surface area contributed by atoms with Crippen molar-refractivity contribution in [3.8, 4) is 10.4 Å². The maximum atomic E-state index is 10.9. The Morgan fingerprint density at radius 3 is 2.50 bits per heavy atom. The minimum atomic E-state index is -0.877. The Hall–Kier alpha value is -2.13. The number of carbonyl (C=O) groups is 1. The maximum absolute atomic E-state index is 10.9. The van der Waals surface area contributed by atoms with E-state index in [0.717, 1.165) is 10.4 Å². The molecule has 2 nitrogen and oxygen atoms in total. The quantitative estimate of drug-likeness (QED) is 0.741. The lowest BCUT2D eigenvalue weighted by atomic mass is 10.1. The van der Waals surface area contributed by atoms with Gasteiger partial charge < -0.3 is 5.11 Å². The average Bonchev–Trinajstić information content (AvgIpc) is 2.88. The van der Waals surface area contributed by atoms with Crippen molar-refractivity contribution in [2.24, 2.45) is 0 Å². The van der Waals surface area contributed by atoms with Gasteiger partial charge in [0.25, 0.3) is 0 Å². The zero-order valence-corrected chi connectivity index (χ0v) is 10.3. The van der Waals surface area contributed by atoms with Gasteiger partial charge in [0, 0.05) is 10.3 Å². The third kappa shape index (κ3) is 1.89. The van der Waals surface area contributed by atoms with E-state index >= 15 is 0 Å². The van der Waals surface area contributed by atoms with Crippen molar-refractivity contribution in [1.82, 2.24) is 0 Å². The first kappa shape index (κ1) is 11.0.